The van der Waals surface area contributed by atoms with Crippen LogP contribution in [0.3, 0.4) is 0 Å². The smallest absolute Gasteiger partial charge is 0.349 e. The molecule has 0 unspecified atom stereocenters. The third kappa shape index (κ3) is 5.08. The van der Waals surface area contributed by atoms with Gasteiger partial charge in [-0.1, -0.05) is 6.07 Å². The van der Waals surface area contributed by atoms with E-state index in [2.05, 4.69) is 0 Å². The maximum Gasteiger partial charge on any atom is 0.349 e. The molecule has 9 heteroatoms. The van der Waals surface area contributed by atoms with Crippen molar-refractivity contribution in [2.75, 3.05) is 25.2 Å². The molecule has 0 aromatic heterocycles. The number of methoxy groups -OCH3 is 1. The molecule has 0 saturated carbocycles. The van der Waals surface area contributed by atoms with Gasteiger partial charge in [0.25, 0.3) is 5.69 Å². The number of nitrogens with zero attached hydrogens (tertiary/aromatic N) is 1. The van der Waals surface area contributed by atoms with Crippen molar-refractivity contribution >= 4 is 35.2 Å². The van der Waals surface area contributed by atoms with Gasteiger partial charge in [0, 0.05) is 23.6 Å². The summed E-state index contributed by atoms with van der Waals surface area (Å²) in [6.07, 6.45) is 0. The van der Waals surface area contributed by atoms with Crippen LogP contribution in [-0.2, 0) is 4.79 Å². The van der Waals surface area contributed by atoms with Gasteiger partial charge in [-0.3, -0.25) is 10.1 Å². The second-order valence-corrected chi connectivity index (χ2v) is 8.22. The highest BCUT2D eigenvalue weighted by Gasteiger charge is 2.20. The van der Waals surface area contributed by atoms with E-state index in [0.717, 1.165) is 17.1 Å². The van der Waals surface area contributed by atoms with E-state index in [9.17, 15) is 14.9 Å². The van der Waals surface area contributed by atoms with Crippen molar-refractivity contribution in [1.29, 1.82) is 0 Å². The number of hydrogen-bond acceptors (Lipinski definition) is 8. The molecule has 0 spiro atoms. The first kappa shape index (κ1) is 19.4. The topological polar surface area (TPSA) is 87.9 Å². The Bertz CT molecular complexity index is 821. The summed E-state index contributed by atoms with van der Waals surface area (Å²) in [5.74, 6) is 2.80. The first-order chi connectivity index (χ1) is 13.1. The average Bonchev–Trinajstić information content (AvgIpc) is 3.22. The van der Waals surface area contributed by atoms with Crippen LogP contribution in [0.2, 0.25) is 0 Å². The normalized spacial score (nSPS) is 14.0. The minimum atomic E-state index is -0.594. The highest BCUT2D eigenvalue weighted by atomic mass is 32.2. The number of hydrogen-bond donors (Lipinski definition) is 0. The number of esters is 1. The maximum absolute atomic E-state index is 12.1. The summed E-state index contributed by atoms with van der Waals surface area (Å²) in [7, 11) is 1.53. The standard InChI is InChI=1S/C18H17NO6S2/c1-23-16-10-12(18-26-8-9-27-18)2-7-15(16)25-17(20)11-24-14-5-3-13(4-6-14)19(21)22/h2-7,10,18H,8-9,11H2,1H3. The first-order valence-electron chi connectivity index (χ1n) is 8.06. The molecular weight excluding hydrogens is 390 g/mol. The Hall–Kier alpha value is -2.39. The highest BCUT2D eigenvalue weighted by molar-refractivity contribution is 8.19. The van der Waals surface area contributed by atoms with Gasteiger partial charge in [-0.15, -0.1) is 23.5 Å². The Morgan fingerprint density at radius 3 is 2.48 bits per heavy atom. The lowest BCUT2D eigenvalue weighted by atomic mass is 10.2. The van der Waals surface area contributed by atoms with Crippen molar-refractivity contribution < 1.29 is 23.9 Å². The number of carbonyl (C=O) groups excluding carboxylic acids is 1. The average molecular weight is 407 g/mol. The number of ether oxygens (including phenoxy) is 3. The summed E-state index contributed by atoms with van der Waals surface area (Å²) in [6, 6.07) is 11.0. The number of nitro groups is 1. The highest BCUT2D eigenvalue weighted by Crippen LogP contribution is 2.46. The number of benzene rings is 2. The summed E-state index contributed by atoms with van der Waals surface area (Å²) >= 11 is 3.76. The van der Waals surface area contributed by atoms with Gasteiger partial charge in [-0.25, -0.2) is 4.79 Å². The van der Waals surface area contributed by atoms with Crippen molar-refractivity contribution in [2.24, 2.45) is 0 Å². The Labute approximate surface area is 164 Å². The molecule has 1 saturated heterocycles. The van der Waals surface area contributed by atoms with E-state index in [1.54, 1.807) is 6.07 Å². The molecule has 2 aromatic rings. The van der Waals surface area contributed by atoms with Crippen LogP contribution in [0.1, 0.15) is 10.1 Å². The van der Waals surface area contributed by atoms with E-state index in [1.165, 1.54) is 31.4 Å². The van der Waals surface area contributed by atoms with Gasteiger partial charge in [0.1, 0.15) is 5.75 Å². The van der Waals surface area contributed by atoms with Crippen LogP contribution < -0.4 is 14.2 Å². The fourth-order valence-electron chi connectivity index (χ4n) is 2.42. The third-order valence-electron chi connectivity index (χ3n) is 3.71. The van der Waals surface area contributed by atoms with Gasteiger partial charge in [-0.05, 0) is 29.8 Å². The molecule has 1 heterocycles. The van der Waals surface area contributed by atoms with E-state index in [4.69, 9.17) is 14.2 Å². The zero-order chi connectivity index (χ0) is 19.2. The molecule has 1 aliphatic heterocycles. The molecule has 1 aliphatic rings. The number of rotatable bonds is 7. The lowest BCUT2D eigenvalue weighted by molar-refractivity contribution is -0.384. The fourth-order valence-corrected chi connectivity index (χ4v) is 5.26. The second kappa shape index (κ2) is 9.01. The molecule has 27 heavy (non-hydrogen) atoms. The predicted molar refractivity (Wildman–Crippen MR) is 105 cm³/mol. The van der Waals surface area contributed by atoms with Gasteiger partial charge in [0.05, 0.1) is 16.6 Å². The first-order valence-corrected chi connectivity index (χ1v) is 10.2. The summed E-state index contributed by atoms with van der Waals surface area (Å²) in [6.45, 7) is -0.322. The van der Waals surface area contributed by atoms with Gasteiger partial charge in [0.2, 0.25) is 0 Å². The molecule has 0 bridgehead atoms. The number of carbonyl (C=O) groups is 1. The summed E-state index contributed by atoms with van der Waals surface area (Å²) < 4.78 is 16.3. The fraction of sp³-hybridized carbons (Fsp3) is 0.278. The Morgan fingerprint density at radius 2 is 1.85 bits per heavy atom. The molecule has 0 amide bonds. The summed E-state index contributed by atoms with van der Waals surface area (Å²) in [4.78, 5) is 22.2. The van der Waals surface area contributed by atoms with Crippen LogP contribution in [0, 0.1) is 10.1 Å². The molecule has 142 valence electrons. The minimum Gasteiger partial charge on any atom is -0.493 e. The van der Waals surface area contributed by atoms with Gasteiger partial charge < -0.3 is 14.2 Å². The lowest BCUT2D eigenvalue weighted by Crippen LogP contribution is -2.18. The van der Waals surface area contributed by atoms with E-state index in [1.807, 2.05) is 35.7 Å². The minimum absolute atomic E-state index is 0.0478. The van der Waals surface area contributed by atoms with Crippen LogP contribution in [0.25, 0.3) is 0 Å². The zero-order valence-electron chi connectivity index (χ0n) is 14.5. The van der Waals surface area contributed by atoms with Crippen LogP contribution >= 0.6 is 23.5 Å². The lowest BCUT2D eigenvalue weighted by Gasteiger charge is -2.14. The number of nitro benzene ring substituents is 1. The SMILES string of the molecule is COc1cc(C2SCCS2)ccc1OC(=O)COc1ccc([N+](=O)[O-])cc1. The van der Waals surface area contributed by atoms with E-state index in [-0.39, 0.29) is 12.3 Å². The van der Waals surface area contributed by atoms with Crippen molar-refractivity contribution in [3.8, 4) is 17.2 Å². The van der Waals surface area contributed by atoms with E-state index < -0.39 is 10.9 Å². The van der Waals surface area contributed by atoms with Crippen LogP contribution in [0.15, 0.2) is 42.5 Å². The Kier molecular flexibility index (Phi) is 6.46. The molecule has 0 atom stereocenters. The van der Waals surface area contributed by atoms with Crippen molar-refractivity contribution in [1.82, 2.24) is 0 Å². The molecule has 2 aromatic carbocycles. The summed E-state index contributed by atoms with van der Waals surface area (Å²) in [5.41, 5.74) is 1.08. The zero-order valence-corrected chi connectivity index (χ0v) is 16.1. The molecule has 3 rings (SSSR count). The molecule has 0 radical (unpaired) electrons. The third-order valence-corrected chi connectivity index (χ3v) is 6.81. The van der Waals surface area contributed by atoms with E-state index >= 15 is 0 Å². The molecule has 0 aliphatic carbocycles. The number of non-ortho nitro benzene ring substituents is 1. The Morgan fingerprint density at radius 1 is 1.15 bits per heavy atom. The molecule has 1 fully saturated rings. The molecular formula is C18H17NO6S2. The van der Waals surface area contributed by atoms with Crippen molar-refractivity contribution in [2.45, 2.75) is 4.58 Å². The summed E-state index contributed by atoms with van der Waals surface area (Å²) in [5, 5.41) is 10.6. The number of thioether (sulfide) groups is 2. The molecule has 0 N–H and O–H groups in total. The van der Waals surface area contributed by atoms with Crippen LogP contribution in [0.4, 0.5) is 5.69 Å². The van der Waals surface area contributed by atoms with Gasteiger partial charge in [0.15, 0.2) is 18.1 Å². The predicted octanol–water partition coefficient (Wildman–Crippen LogP) is 4.07. The van der Waals surface area contributed by atoms with Gasteiger partial charge >= 0.3 is 5.97 Å². The van der Waals surface area contributed by atoms with Crippen molar-refractivity contribution in [3.63, 3.8) is 0 Å². The second-order valence-electron chi connectivity index (χ2n) is 5.50. The van der Waals surface area contributed by atoms with E-state index in [0.29, 0.717) is 21.8 Å². The molecule has 7 nitrogen and oxygen atoms in total. The Balaban J connectivity index is 1.59. The quantitative estimate of drug-likeness (QED) is 0.294. The van der Waals surface area contributed by atoms with Crippen LogP contribution in [-0.4, -0.2) is 36.1 Å². The van der Waals surface area contributed by atoms with Crippen LogP contribution in [0.5, 0.6) is 17.2 Å². The maximum atomic E-state index is 12.1. The van der Waals surface area contributed by atoms with Crippen molar-refractivity contribution in [3.05, 3.63) is 58.1 Å². The monoisotopic (exact) mass is 407 g/mol. The van der Waals surface area contributed by atoms with Gasteiger partial charge in [-0.2, -0.15) is 0 Å². The largest absolute Gasteiger partial charge is 0.493 e.